The number of ether oxygens (including phenoxy) is 1. The molecule has 0 aliphatic heterocycles. The van der Waals surface area contributed by atoms with Gasteiger partial charge in [-0.25, -0.2) is 4.68 Å². The lowest BCUT2D eigenvalue weighted by Gasteiger charge is -2.15. The molecule has 4 aromatic rings. The molecule has 8 nitrogen and oxygen atoms in total. The molecule has 0 unspecified atom stereocenters. The Morgan fingerprint density at radius 3 is 2.75 bits per heavy atom. The Morgan fingerprint density at radius 2 is 1.94 bits per heavy atom. The summed E-state index contributed by atoms with van der Waals surface area (Å²) in [5.74, 6) is 0.926. The quantitative estimate of drug-likeness (QED) is 0.392. The van der Waals surface area contributed by atoms with E-state index < -0.39 is 0 Å². The van der Waals surface area contributed by atoms with Gasteiger partial charge in [-0.1, -0.05) is 59.2 Å². The smallest absolute Gasteiger partial charge is 0.262 e. The molecule has 4 rings (SSSR count). The van der Waals surface area contributed by atoms with E-state index in [-0.39, 0.29) is 12.5 Å². The summed E-state index contributed by atoms with van der Waals surface area (Å²) >= 11 is 0. The number of carbonyl (C=O) groups excluding carboxylic acids is 1. The van der Waals surface area contributed by atoms with Gasteiger partial charge in [-0.05, 0) is 46.3 Å². The predicted molar refractivity (Wildman–Crippen MR) is 125 cm³/mol. The number of carbonyl (C=O) groups is 1. The molecule has 1 aromatic heterocycles. The molecule has 1 heterocycles. The summed E-state index contributed by atoms with van der Waals surface area (Å²) in [4.78, 5) is 12.4. The molecule has 0 aliphatic rings. The summed E-state index contributed by atoms with van der Waals surface area (Å²) in [6.45, 7) is 6.54. The van der Waals surface area contributed by atoms with E-state index in [1.165, 1.54) is 0 Å². The molecular weight excluding hydrogens is 404 g/mol. The Hall–Kier alpha value is -4.20. The Kier molecular flexibility index (Phi) is 6.41. The highest BCUT2D eigenvalue weighted by atomic mass is 16.5. The van der Waals surface area contributed by atoms with Gasteiger partial charge in [-0.15, -0.1) is 6.58 Å². The van der Waals surface area contributed by atoms with Gasteiger partial charge in [-0.2, -0.15) is 0 Å². The molecular formula is C24H24N6O2. The minimum absolute atomic E-state index is 0.104. The standard InChI is InChI=1S/C24H24N6O2/c1-3-14-30-24(27-28-29-30)25-15-21-20-7-5-4-6-18(20)10-13-22(21)32-16-23(31)26-19-11-8-17(2)9-12-19/h3-13H,1,14-16H2,2H3,(H,26,31)(H,25,27,29). The van der Waals surface area contributed by atoms with Gasteiger partial charge >= 0.3 is 0 Å². The van der Waals surface area contributed by atoms with Crippen molar-refractivity contribution in [2.75, 3.05) is 17.2 Å². The number of hydrogen-bond acceptors (Lipinski definition) is 6. The van der Waals surface area contributed by atoms with Crippen LogP contribution in [0.2, 0.25) is 0 Å². The number of benzene rings is 3. The van der Waals surface area contributed by atoms with Crippen molar-refractivity contribution in [3.63, 3.8) is 0 Å². The molecule has 0 bridgehead atoms. The fourth-order valence-corrected chi connectivity index (χ4v) is 3.35. The van der Waals surface area contributed by atoms with Crippen molar-refractivity contribution in [1.82, 2.24) is 20.2 Å². The van der Waals surface area contributed by atoms with Gasteiger partial charge in [0.2, 0.25) is 5.95 Å². The van der Waals surface area contributed by atoms with Crippen molar-refractivity contribution in [1.29, 1.82) is 0 Å². The van der Waals surface area contributed by atoms with E-state index in [0.717, 1.165) is 27.6 Å². The lowest BCUT2D eigenvalue weighted by Crippen LogP contribution is -2.20. The first kappa shape index (κ1) is 21.0. The van der Waals surface area contributed by atoms with Crippen LogP contribution in [0.15, 0.2) is 73.3 Å². The molecule has 0 spiro atoms. The van der Waals surface area contributed by atoms with Crippen molar-refractivity contribution in [2.24, 2.45) is 0 Å². The van der Waals surface area contributed by atoms with E-state index in [9.17, 15) is 4.79 Å². The van der Waals surface area contributed by atoms with E-state index in [1.54, 1.807) is 10.8 Å². The van der Waals surface area contributed by atoms with Crippen LogP contribution < -0.4 is 15.4 Å². The number of anilines is 2. The minimum atomic E-state index is -0.226. The SMILES string of the molecule is C=CCn1nnnc1NCc1c(OCC(=O)Nc2ccc(C)cc2)ccc2ccccc12. The second kappa shape index (κ2) is 9.74. The maximum absolute atomic E-state index is 12.4. The minimum Gasteiger partial charge on any atom is -0.483 e. The van der Waals surface area contributed by atoms with E-state index >= 15 is 0 Å². The maximum atomic E-state index is 12.4. The Morgan fingerprint density at radius 1 is 1.12 bits per heavy atom. The lowest BCUT2D eigenvalue weighted by molar-refractivity contribution is -0.118. The maximum Gasteiger partial charge on any atom is 0.262 e. The average Bonchev–Trinajstić information content (AvgIpc) is 3.25. The number of allylic oxidation sites excluding steroid dienone is 1. The summed E-state index contributed by atoms with van der Waals surface area (Å²) in [5, 5.41) is 19.9. The molecule has 8 heteroatoms. The molecule has 0 saturated carbocycles. The summed E-state index contributed by atoms with van der Waals surface area (Å²) in [5.41, 5.74) is 2.78. The zero-order valence-corrected chi connectivity index (χ0v) is 17.8. The van der Waals surface area contributed by atoms with Crippen molar-refractivity contribution < 1.29 is 9.53 Å². The lowest BCUT2D eigenvalue weighted by atomic mass is 10.0. The number of fused-ring (bicyclic) bond motifs is 1. The van der Waals surface area contributed by atoms with Crippen LogP contribution in [0.4, 0.5) is 11.6 Å². The molecule has 0 fully saturated rings. The molecule has 3 aromatic carbocycles. The van der Waals surface area contributed by atoms with Gasteiger partial charge in [0.1, 0.15) is 5.75 Å². The van der Waals surface area contributed by atoms with E-state index in [1.807, 2.05) is 67.6 Å². The third-order valence-electron chi connectivity index (χ3n) is 4.95. The molecule has 0 aliphatic carbocycles. The second-order valence-electron chi connectivity index (χ2n) is 7.29. The number of aryl methyl sites for hydroxylation is 1. The Balaban J connectivity index is 1.51. The zero-order chi connectivity index (χ0) is 22.3. The van der Waals surface area contributed by atoms with Crippen LogP contribution in [-0.4, -0.2) is 32.7 Å². The van der Waals surface area contributed by atoms with Crippen molar-refractivity contribution >= 4 is 28.3 Å². The van der Waals surface area contributed by atoms with E-state index in [2.05, 4.69) is 32.7 Å². The molecule has 0 radical (unpaired) electrons. The third kappa shape index (κ3) is 4.92. The number of nitrogens with one attached hydrogen (secondary N) is 2. The number of aromatic nitrogens is 4. The number of amides is 1. The molecule has 2 N–H and O–H groups in total. The fourth-order valence-electron chi connectivity index (χ4n) is 3.35. The predicted octanol–water partition coefficient (Wildman–Crippen LogP) is 3.95. The summed E-state index contributed by atoms with van der Waals surface area (Å²) in [7, 11) is 0. The largest absolute Gasteiger partial charge is 0.483 e. The number of tetrazole rings is 1. The van der Waals surface area contributed by atoms with Crippen molar-refractivity contribution in [3.8, 4) is 5.75 Å². The van der Waals surface area contributed by atoms with E-state index in [0.29, 0.717) is 24.8 Å². The molecule has 0 saturated heterocycles. The average molecular weight is 428 g/mol. The van der Waals surface area contributed by atoms with Crippen LogP contribution in [0.3, 0.4) is 0 Å². The van der Waals surface area contributed by atoms with Crippen LogP contribution in [-0.2, 0) is 17.9 Å². The van der Waals surface area contributed by atoms with Crippen LogP contribution in [0.25, 0.3) is 10.8 Å². The third-order valence-corrected chi connectivity index (χ3v) is 4.95. The fraction of sp³-hybridized carbons (Fsp3) is 0.167. The van der Waals surface area contributed by atoms with Gasteiger partial charge in [0.15, 0.2) is 6.61 Å². The first-order valence-electron chi connectivity index (χ1n) is 10.2. The Labute approximate surface area is 185 Å². The van der Waals surface area contributed by atoms with Crippen LogP contribution in [0, 0.1) is 6.92 Å². The summed E-state index contributed by atoms with van der Waals surface area (Å²) in [6, 6.07) is 19.5. The molecule has 1 amide bonds. The van der Waals surface area contributed by atoms with Crippen molar-refractivity contribution in [2.45, 2.75) is 20.0 Å². The van der Waals surface area contributed by atoms with E-state index in [4.69, 9.17) is 4.74 Å². The molecule has 32 heavy (non-hydrogen) atoms. The summed E-state index contributed by atoms with van der Waals surface area (Å²) < 4.78 is 7.54. The van der Waals surface area contributed by atoms with Crippen LogP contribution in [0.5, 0.6) is 5.75 Å². The van der Waals surface area contributed by atoms with Gasteiger partial charge in [0.05, 0.1) is 6.54 Å². The van der Waals surface area contributed by atoms with Gasteiger partial charge in [0.25, 0.3) is 5.91 Å². The topological polar surface area (TPSA) is 94.0 Å². The Bertz CT molecular complexity index is 1230. The zero-order valence-electron chi connectivity index (χ0n) is 17.8. The molecule has 0 atom stereocenters. The van der Waals surface area contributed by atoms with Crippen LogP contribution >= 0.6 is 0 Å². The monoisotopic (exact) mass is 428 g/mol. The number of nitrogens with zero attached hydrogens (tertiary/aromatic N) is 4. The number of rotatable bonds is 9. The first-order valence-corrected chi connectivity index (χ1v) is 10.2. The first-order chi connectivity index (χ1) is 15.6. The number of hydrogen-bond donors (Lipinski definition) is 2. The highest BCUT2D eigenvalue weighted by Crippen LogP contribution is 2.29. The normalized spacial score (nSPS) is 10.7. The molecule has 162 valence electrons. The summed E-state index contributed by atoms with van der Waals surface area (Å²) in [6.07, 6.45) is 1.72. The van der Waals surface area contributed by atoms with Gasteiger partial charge < -0.3 is 15.4 Å². The highest BCUT2D eigenvalue weighted by Gasteiger charge is 2.13. The highest BCUT2D eigenvalue weighted by molar-refractivity contribution is 5.92. The second-order valence-corrected chi connectivity index (χ2v) is 7.29. The van der Waals surface area contributed by atoms with Gasteiger partial charge in [0, 0.05) is 17.8 Å². The van der Waals surface area contributed by atoms with Crippen molar-refractivity contribution in [3.05, 3.63) is 84.4 Å². The van der Waals surface area contributed by atoms with Gasteiger partial charge in [-0.3, -0.25) is 4.79 Å². The van der Waals surface area contributed by atoms with Crippen LogP contribution in [0.1, 0.15) is 11.1 Å².